The van der Waals surface area contributed by atoms with Gasteiger partial charge in [-0.2, -0.15) is 5.10 Å². The highest BCUT2D eigenvalue weighted by molar-refractivity contribution is 5.81. The number of nitro groups is 1. The number of aromatic nitrogens is 3. The molecule has 0 saturated carbocycles. The number of hydrazone groups is 1. The molecular formula is C17H14N6O4. The van der Waals surface area contributed by atoms with Crippen LogP contribution in [0.1, 0.15) is 5.56 Å². The maximum Gasteiger partial charge on any atom is 0.279 e. The van der Waals surface area contributed by atoms with E-state index in [0.29, 0.717) is 16.9 Å². The zero-order chi connectivity index (χ0) is 19.2. The molecule has 3 rings (SSSR count). The van der Waals surface area contributed by atoms with Crippen LogP contribution in [-0.4, -0.2) is 33.4 Å². The van der Waals surface area contributed by atoms with Gasteiger partial charge in [-0.05, 0) is 24.3 Å². The summed E-state index contributed by atoms with van der Waals surface area (Å²) in [6.07, 6.45) is 1.37. The minimum Gasteiger partial charge on any atom is -0.497 e. The summed E-state index contributed by atoms with van der Waals surface area (Å²) >= 11 is 0. The molecule has 10 nitrogen and oxygen atoms in total. The fraction of sp³-hybridized carbons (Fsp3) is 0.0588. The number of nitrogens with zero attached hydrogens (tertiary/aromatic N) is 4. The molecule has 0 fully saturated rings. The van der Waals surface area contributed by atoms with Gasteiger partial charge in [0.25, 0.3) is 11.2 Å². The summed E-state index contributed by atoms with van der Waals surface area (Å²) in [6, 6.07) is 12.8. The zero-order valence-electron chi connectivity index (χ0n) is 14.1. The van der Waals surface area contributed by atoms with Crippen LogP contribution in [0.5, 0.6) is 5.75 Å². The Hall–Kier alpha value is -4.08. The predicted molar refractivity (Wildman–Crippen MR) is 99.0 cm³/mol. The Labute approximate surface area is 152 Å². The van der Waals surface area contributed by atoms with Gasteiger partial charge in [0.15, 0.2) is 5.69 Å². The molecule has 0 radical (unpaired) electrons. The highest BCUT2D eigenvalue weighted by Gasteiger charge is 2.08. The maximum atomic E-state index is 12.2. The summed E-state index contributed by atoms with van der Waals surface area (Å²) < 4.78 is 5.07. The van der Waals surface area contributed by atoms with Gasteiger partial charge in [-0.15, -0.1) is 10.2 Å². The molecule has 2 N–H and O–H groups in total. The Bertz CT molecular complexity index is 1050. The number of hydrogen-bond donors (Lipinski definition) is 2. The van der Waals surface area contributed by atoms with Crippen molar-refractivity contribution in [3.63, 3.8) is 0 Å². The lowest BCUT2D eigenvalue weighted by Gasteiger charge is -2.03. The van der Waals surface area contributed by atoms with E-state index in [-0.39, 0.29) is 17.3 Å². The molecule has 0 unspecified atom stereocenters. The van der Waals surface area contributed by atoms with Crippen molar-refractivity contribution in [2.24, 2.45) is 5.10 Å². The van der Waals surface area contributed by atoms with Crippen LogP contribution in [0.3, 0.4) is 0 Å². The molecule has 3 aromatic rings. The first-order valence-corrected chi connectivity index (χ1v) is 7.72. The molecule has 10 heteroatoms. The summed E-state index contributed by atoms with van der Waals surface area (Å²) in [5, 5.41) is 22.4. The number of ether oxygens (including phenoxy) is 1. The third-order valence-electron chi connectivity index (χ3n) is 3.53. The second kappa shape index (κ2) is 7.87. The number of nitrogens with one attached hydrogen (secondary N) is 2. The van der Waals surface area contributed by atoms with Crippen LogP contribution in [-0.2, 0) is 0 Å². The normalized spacial score (nSPS) is 10.7. The van der Waals surface area contributed by atoms with Crippen LogP contribution >= 0.6 is 0 Å². The van der Waals surface area contributed by atoms with Gasteiger partial charge in [0, 0.05) is 23.3 Å². The van der Waals surface area contributed by atoms with E-state index in [1.165, 1.54) is 18.3 Å². The average molecular weight is 366 g/mol. The Morgan fingerprint density at radius 1 is 1.22 bits per heavy atom. The average Bonchev–Trinajstić information content (AvgIpc) is 2.68. The Morgan fingerprint density at radius 3 is 2.67 bits per heavy atom. The van der Waals surface area contributed by atoms with Gasteiger partial charge in [-0.3, -0.25) is 19.9 Å². The van der Waals surface area contributed by atoms with E-state index in [1.54, 1.807) is 43.5 Å². The van der Waals surface area contributed by atoms with Crippen molar-refractivity contribution in [3.05, 3.63) is 74.6 Å². The van der Waals surface area contributed by atoms with Crippen LogP contribution < -0.4 is 15.7 Å². The van der Waals surface area contributed by atoms with Crippen LogP contribution in [0.15, 0.2) is 58.4 Å². The number of methoxy groups -OCH3 is 1. The van der Waals surface area contributed by atoms with Gasteiger partial charge in [-0.1, -0.05) is 12.1 Å². The van der Waals surface area contributed by atoms with Crippen LogP contribution in [0.4, 0.5) is 11.6 Å². The van der Waals surface area contributed by atoms with E-state index >= 15 is 0 Å². The first kappa shape index (κ1) is 17.7. The lowest BCUT2D eigenvalue weighted by atomic mass is 10.1. The van der Waals surface area contributed by atoms with Gasteiger partial charge in [0.05, 0.1) is 18.2 Å². The van der Waals surface area contributed by atoms with Crippen molar-refractivity contribution in [2.75, 3.05) is 12.5 Å². The first-order valence-electron chi connectivity index (χ1n) is 7.72. The zero-order valence-corrected chi connectivity index (χ0v) is 14.1. The standard InChI is InChI=1S/C17H14N6O4/c1-27-14-7-5-12(6-8-14)15-16(24)19-17(22-20-15)21-18-10-11-3-2-4-13(9-11)23(25)26/h2-10H,1H3,(H2,19,21,22,24)/b18-10+. The molecule has 0 bridgehead atoms. The second-order valence-electron chi connectivity index (χ2n) is 5.30. The highest BCUT2D eigenvalue weighted by Crippen LogP contribution is 2.17. The maximum absolute atomic E-state index is 12.2. The van der Waals surface area contributed by atoms with Gasteiger partial charge in [0.2, 0.25) is 5.95 Å². The van der Waals surface area contributed by atoms with Crippen LogP contribution in [0, 0.1) is 10.1 Å². The minimum absolute atomic E-state index is 0.0407. The molecule has 0 amide bonds. The first-order chi connectivity index (χ1) is 13.1. The van der Waals surface area contributed by atoms with E-state index < -0.39 is 10.5 Å². The minimum atomic E-state index is -0.494. The number of rotatable bonds is 6. The van der Waals surface area contributed by atoms with E-state index in [9.17, 15) is 14.9 Å². The van der Waals surface area contributed by atoms with Crippen LogP contribution in [0.2, 0.25) is 0 Å². The van der Waals surface area contributed by atoms with Crippen LogP contribution in [0.25, 0.3) is 11.3 Å². The summed E-state index contributed by atoms with van der Waals surface area (Å²) in [6.45, 7) is 0. The summed E-state index contributed by atoms with van der Waals surface area (Å²) in [5.41, 5.74) is 3.31. The van der Waals surface area contributed by atoms with E-state index in [4.69, 9.17) is 4.74 Å². The number of nitro benzene ring substituents is 1. The molecule has 0 atom stereocenters. The molecule has 27 heavy (non-hydrogen) atoms. The van der Waals surface area contributed by atoms with Crippen molar-refractivity contribution in [1.82, 2.24) is 15.2 Å². The van der Waals surface area contributed by atoms with Gasteiger partial charge >= 0.3 is 0 Å². The Morgan fingerprint density at radius 2 is 2.00 bits per heavy atom. The molecule has 0 spiro atoms. The highest BCUT2D eigenvalue weighted by atomic mass is 16.6. The molecule has 0 aliphatic heterocycles. The molecule has 1 aromatic heterocycles. The third kappa shape index (κ3) is 4.31. The van der Waals surface area contributed by atoms with Gasteiger partial charge in [0.1, 0.15) is 5.75 Å². The number of H-pyrrole nitrogens is 1. The Kier molecular flexibility index (Phi) is 5.17. The van der Waals surface area contributed by atoms with Crippen molar-refractivity contribution in [1.29, 1.82) is 0 Å². The molecular weight excluding hydrogens is 352 g/mol. The van der Waals surface area contributed by atoms with E-state index in [0.717, 1.165) is 0 Å². The quantitative estimate of drug-likeness (QED) is 0.388. The molecule has 0 aliphatic rings. The summed E-state index contributed by atoms with van der Waals surface area (Å²) in [4.78, 5) is 25.0. The van der Waals surface area contributed by atoms with Crippen molar-refractivity contribution >= 4 is 17.9 Å². The topological polar surface area (TPSA) is 135 Å². The fourth-order valence-corrected chi connectivity index (χ4v) is 2.21. The molecule has 1 heterocycles. The number of benzene rings is 2. The van der Waals surface area contributed by atoms with Crippen molar-refractivity contribution in [2.45, 2.75) is 0 Å². The number of hydrogen-bond acceptors (Lipinski definition) is 8. The largest absolute Gasteiger partial charge is 0.497 e. The van der Waals surface area contributed by atoms with Gasteiger partial charge in [-0.25, -0.2) is 5.43 Å². The third-order valence-corrected chi connectivity index (χ3v) is 3.53. The summed E-state index contributed by atoms with van der Waals surface area (Å²) in [5.74, 6) is 0.704. The molecule has 2 aromatic carbocycles. The second-order valence-corrected chi connectivity index (χ2v) is 5.30. The molecule has 0 saturated heterocycles. The number of anilines is 1. The SMILES string of the molecule is COc1ccc(-c2nnc(N/N=C/c3cccc([N+](=O)[O-])c3)[nH]c2=O)cc1. The monoisotopic (exact) mass is 366 g/mol. The smallest absolute Gasteiger partial charge is 0.279 e. The van der Waals surface area contributed by atoms with Gasteiger partial charge < -0.3 is 4.74 Å². The lowest BCUT2D eigenvalue weighted by molar-refractivity contribution is -0.384. The van der Waals surface area contributed by atoms with E-state index in [2.05, 4.69) is 25.7 Å². The lowest BCUT2D eigenvalue weighted by Crippen LogP contribution is -2.15. The van der Waals surface area contributed by atoms with E-state index in [1.807, 2.05) is 0 Å². The Balaban J connectivity index is 1.73. The molecule has 0 aliphatic carbocycles. The number of non-ortho nitro benzene ring substituents is 1. The predicted octanol–water partition coefficient (Wildman–Crippen LogP) is 2.19. The van der Waals surface area contributed by atoms with Crippen molar-refractivity contribution in [3.8, 4) is 17.0 Å². The summed E-state index contributed by atoms with van der Waals surface area (Å²) in [7, 11) is 1.55. The molecule has 136 valence electrons. The van der Waals surface area contributed by atoms with Crippen molar-refractivity contribution < 1.29 is 9.66 Å². The number of aromatic amines is 1. The fourth-order valence-electron chi connectivity index (χ4n) is 2.21.